The van der Waals surface area contributed by atoms with Gasteiger partial charge in [-0.1, -0.05) is 85.0 Å². The summed E-state index contributed by atoms with van der Waals surface area (Å²) in [6, 6.07) is 0. The van der Waals surface area contributed by atoms with E-state index < -0.39 is 0 Å². The fourth-order valence-corrected chi connectivity index (χ4v) is 3.99. The lowest BCUT2D eigenvalue weighted by Crippen LogP contribution is -2.39. The Bertz CT molecular complexity index is 248. The summed E-state index contributed by atoms with van der Waals surface area (Å²) >= 11 is 0. The highest BCUT2D eigenvalue weighted by molar-refractivity contribution is 4.88. The van der Waals surface area contributed by atoms with E-state index in [1.54, 1.807) is 0 Å². The first-order chi connectivity index (χ1) is 10.1. The molecule has 0 radical (unpaired) electrons. The second kappa shape index (κ2) is 10.6. The van der Waals surface area contributed by atoms with Crippen LogP contribution in [0.2, 0.25) is 0 Å². The molecule has 1 heteroatoms. The highest BCUT2D eigenvalue weighted by Gasteiger charge is 2.29. The van der Waals surface area contributed by atoms with Crippen LogP contribution in [0.25, 0.3) is 0 Å². The average Bonchev–Trinajstić information content (AvgIpc) is 2.64. The molecule has 0 aromatic carbocycles. The van der Waals surface area contributed by atoms with Gasteiger partial charge in [0.25, 0.3) is 0 Å². The van der Waals surface area contributed by atoms with Crippen molar-refractivity contribution in [3.8, 4) is 0 Å². The molecule has 0 aromatic rings. The van der Waals surface area contributed by atoms with Gasteiger partial charge in [0.2, 0.25) is 0 Å². The third-order valence-electron chi connectivity index (χ3n) is 5.73. The monoisotopic (exact) mass is 295 g/mol. The number of unbranched alkanes of at least 4 members (excludes halogenated alkanes) is 7. The fraction of sp³-hybridized carbons (Fsp3) is 1.00. The van der Waals surface area contributed by atoms with Gasteiger partial charge < -0.3 is 5.73 Å². The van der Waals surface area contributed by atoms with Crippen molar-refractivity contribution in [3.63, 3.8) is 0 Å². The summed E-state index contributed by atoms with van der Waals surface area (Å²) in [4.78, 5) is 0. The first kappa shape index (κ1) is 19.0. The van der Waals surface area contributed by atoms with Crippen LogP contribution in [0.15, 0.2) is 0 Å². The van der Waals surface area contributed by atoms with Crippen LogP contribution in [-0.2, 0) is 0 Å². The molecule has 1 fully saturated rings. The van der Waals surface area contributed by atoms with Crippen LogP contribution in [0.4, 0.5) is 0 Å². The third-order valence-corrected chi connectivity index (χ3v) is 5.73. The van der Waals surface area contributed by atoms with E-state index in [4.69, 9.17) is 5.73 Å². The predicted octanol–water partition coefficient (Wildman–Crippen LogP) is 6.45. The minimum absolute atomic E-state index is 0.172. The molecular formula is C20H41N. The van der Waals surface area contributed by atoms with Gasteiger partial charge in [-0.2, -0.15) is 0 Å². The highest BCUT2D eigenvalue weighted by Crippen LogP contribution is 2.35. The molecule has 1 rings (SSSR count). The first-order valence-electron chi connectivity index (χ1n) is 9.86. The van der Waals surface area contributed by atoms with E-state index in [0.29, 0.717) is 0 Å². The molecule has 126 valence electrons. The lowest BCUT2D eigenvalue weighted by Gasteiger charge is -2.28. The van der Waals surface area contributed by atoms with Crippen molar-refractivity contribution in [1.82, 2.24) is 0 Å². The van der Waals surface area contributed by atoms with Crippen molar-refractivity contribution >= 4 is 0 Å². The highest BCUT2D eigenvalue weighted by atomic mass is 14.7. The Morgan fingerprint density at radius 1 is 0.905 bits per heavy atom. The van der Waals surface area contributed by atoms with Gasteiger partial charge in [-0.05, 0) is 37.5 Å². The van der Waals surface area contributed by atoms with Gasteiger partial charge >= 0.3 is 0 Å². The molecule has 2 N–H and O–H groups in total. The molecule has 1 aliphatic rings. The van der Waals surface area contributed by atoms with Gasteiger partial charge in [-0.3, -0.25) is 0 Å². The van der Waals surface area contributed by atoms with Gasteiger partial charge in [0.1, 0.15) is 0 Å². The van der Waals surface area contributed by atoms with Crippen LogP contribution in [-0.4, -0.2) is 5.54 Å². The summed E-state index contributed by atoms with van der Waals surface area (Å²) in [6.45, 7) is 7.05. The second-order valence-corrected chi connectivity index (χ2v) is 8.02. The summed E-state index contributed by atoms with van der Waals surface area (Å²) < 4.78 is 0. The lowest BCUT2D eigenvalue weighted by molar-refractivity contribution is 0.306. The maximum Gasteiger partial charge on any atom is 0.0154 e. The molecule has 1 aliphatic carbocycles. The maximum absolute atomic E-state index is 6.70. The SMILES string of the molecule is CCCCCCCCCCC1(N)CCCC(C(C)C)CC1. The lowest BCUT2D eigenvalue weighted by atomic mass is 9.84. The number of hydrogen-bond acceptors (Lipinski definition) is 1. The molecule has 0 spiro atoms. The smallest absolute Gasteiger partial charge is 0.0154 e. The van der Waals surface area contributed by atoms with Crippen LogP contribution >= 0.6 is 0 Å². The second-order valence-electron chi connectivity index (χ2n) is 8.02. The number of nitrogens with two attached hydrogens (primary N) is 1. The van der Waals surface area contributed by atoms with Gasteiger partial charge in [0.05, 0.1) is 0 Å². The topological polar surface area (TPSA) is 26.0 Å². The van der Waals surface area contributed by atoms with Crippen LogP contribution in [0.5, 0.6) is 0 Å². The van der Waals surface area contributed by atoms with Crippen molar-refractivity contribution in [1.29, 1.82) is 0 Å². The molecule has 0 bridgehead atoms. The Kier molecular flexibility index (Phi) is 9.64. The Labute approximate surface area is 134 Å². The molecule has 1 saturated carbocycles. The van der Waals surface area contributed by atoms with Crippen LogP contribution in [0.3, 0.4) is 0 Å². The summed E-state index contributed by atoms with van der Waals surface area (Å²) in [5.74, 6) is 1.77. The quantitative estimate of drug-likeness (QED) is 0.363. The van der Waals surface area contributed by atoms with E-state index in [2.05, 4.69) is 20.8 Å². The van der Waals surface area contributed by atoms with Crippen molar-refractivity contribution in [2.24, 2.45) is 17.6 Å². The summed E-state index contributed by atoms with van der Waals surface area (Å²) in [7, 11) is 0. The van der Waals surface area contributed by atoms with E-state index >= 15 is 0 Å². The molecule has 2 unspecified atom stereocenters. The van der Waals surface area contributed by atoms with Crippen LogP contribution < -0.4 is 5.73 Å². The van der Waals surface area contributed by atoms with Crippen molar-refractivity contribution < 1.29 is 0 Å². The Balaban J connectivity index is 2.10. The van der Waals surface area contributed by atoms with Crippen molar-refractivity contribution in [2.45, 2.75) is 116 Å². The minimum atomic E-state index is 0.172. The average molecular weight is 296 g/mol. The Morgan fingerprint density at radius 2 is 1.52 bits per heavy atom. The standard InChI is InChI=1S/C20H41N/c1-4-5-6-7-8-9-10-11-15-20(21)16-12-13-19(14-17-20)18(2)3/h18-19H,4-17,21H2,1-3H3. The fourth-order valence-electron chi connectivity index (χ4n) is 3.99. The molecule has 0 aliphatic heterocycles. The molecule has 0 saturated heterocycles. The first-order valence-corrected chi connectivity index (χ1v) is 9.86. The summed E-state index contributed by atoms with van der Waals surface area (Å²) in [5.41, 5.74) is 6.87. The summed E-state index contributed by atoms with van der Waals surface area (Å²) in [6.07, 6.45) is 19.2. The normalized spacial score (nSPS) is 27.0. The van der Waals surface area contributed by atoms with Crippen LogP contribution in [0, 0.1) is 11.8 Å². The van der Waals surface area contributed by atoms with Gasteiger partial charge in [-0.25, -0.2) is 0 Å². The summed E-state index contributed by atoms with van der Waals surface area (Å²) in [5, 5.41) is 0. The van der Waals surface area contributed by atoms with Crippen molar-refractivity contribution in [3.05, 3.63) is 0 Å². The predicted molar refractivity (Wildman–Crippen MR) is 95.6 cm³/mol. The van der Waals surface area contributed by atoms with Crippen molar-refractivity contribution in [2.75, 3.05) is 0 Å². The maximum atomic E-state index is 6.70. The zero-order valence-electron chi connectivity index (χ0n) is 15.1. The molecular weight excluding hydrogens is 254 g/mol. The zero-order chi connectivity index (χ0) is 15.6. The van der Waals surface area contributed by atoms with E-state index in [0.717, 1.165) is 11.8 Å². The van der Waals surface area contributed by atoms with Gasteiger partial charge in [0.15, 0.2) is 0 Å². The number of hydrogen-bond donors (Lipinski definition) is 1. The molecule has 0 amide bonds. The van der Waals surface area contributed by atoms with E-state index in [1.807, 2.05) is 0 Å². The Morgan fingerprint density at radius 3 is 2.14 bits per heavy atom. The van der Waals surface area contributed by atoms with Crippen LogP contribution in [0.1, 0.15) is 111 Å². The van der Waals surface area contributed by atoms with E-state index in [1.165, 1.54) is 89.9 Å². The van der Waals surface area contributed by atoms with Gasteiger partial charge in [-0.15, -0.1) is 0 Å². The molecule has 2 atom stereocenters. The molecule has 0 aromatic heterocycles. The molecule has 21 heavy (non-hydrogen) atoms. The minimum Gasteiger partial charge on any atom is -0.325 e. The van der Waals surface area contributed by atoms with E-state index in [9.17, 15) is 0 Å². The molecule has 0 heterocycles. The zero-order valence-corrected chi connectivity index (χ0v) is 15.1. The largest absolute Gasteiger partial charge is 0.325 e. The Hall–Kier alpha value is -0.0400. The molecule has 1 nitrogen and oxygen atoms in total. The van der Waals surface area contributed by atoms with Gasteiger partial charge in [0, 0.05) is 5.54 Å². The van der Waals surface area contributed by atoms with E-state index in [-0.39, 0.29) is 5.54 Å². The number of rotatable bonds is 10. The third kappa shape index (κ3) is 8.24.